The Morgan fingerprint density at radius 1 is 1.53 bits per heavy atom. The number of amides is 1. The van der Waals surface area contributed by atoms with Gasteiger partial charge in [-0.25, -0.2) is 0 Å². The van der Waals surface area contributed by atoms with Gasteiger partial charge in [-0.2, -0.15) is 0 Å². The summed E-state index contributed by atoms with van der Waals surface area (Å²) >= 11 is 0. The van der Waals surface area contributed by atoms with Gasteiger partial charge in [0, 0.05) is 18.6 Å². The van der Waals surface area contributed by atoms with Gasteiger partial charge in [0.05, 0.1) is 17.7 Å². The largest absolute Gasteiger partial charge is 0.507 e. The first-order chi connectivity index (χ1) is 9.08. The van der Waals surface area contributed by atoms with E-state index >= 15 is 0 Å². The molecule has 3 rings (SSSR count). The van der Waals surface area contributed by atoms with E-state index in [0.29, 0.717) is 12.5 Å². The van der Waals surface area contributed by atoms with Crippen LogP contribution in [0, 0.1) is 12.8 Å². The average Bonchev–Trinajstić information content (AvgIpc) is 2.80. The second-order valence-electron chi connectivity index (χ2n) is 5.39. The highest BCUT2D eigenvalue weighted by Gasteiger charge is 2.52. The zero-order chi connectivity index (χ0) is 13.6. The van der Waals surface area contributed by atoms with E-state index in [9.17, 15) is 9.90 Å². The molecule has 4 atom stereocenters. The second-order valence-corrected chi connectivity index (χ2v) is 5.39. The van der Waals surface area contributed by atoms with Crippen molar-refractivity contribution in [1.29, 1.82) is 0 Å². The summed E-state index contributed by atoms with van der Waals surface area (Å²) < 4.78 is 5.56. The van der Waals surface area contributed by atoms with E-state index < -0.39 is 0 Å². The maximum absolute atomic E-state index is 12.1. The number of phenols is 1. The predicted octanol–water partition coefficient (Wildman–Crippen LogP) is 0.545. The van der Waals surface area contributed by atoms with Crippen molar-refractivity contribution in [2.24, 2.45) is 11.7 Å². The smallest absolute Gasteiger partial charge is 0.255 e. The lowest BCUT2D eigenvalue weighted by atomic mass is 9.72. The van der Waals surface area contributed by atoms with Gasteiger partial charge in [-0.05, 0) is 31.0 Å². The molecule has 102 valence electrons. The zero-order valence-corrected chi connectivity index (χ0v) is 10.8. The molecule has 1 amide bonds. The first-order valence-electron chi connectivity index (χ1n) is 6.55. The lowest BCUT2D eigenvalue weighted by molar-refractivity contribution is -0.0161. The molecular formula is C14H18N2O3. The van der Waals surface area contributed by atoms with Crippen molar-refractivity contribution in [3.05, 3.63) is 29.3 Å². The van der Waals surface area contributed by atoms with Crippen LogP contribution in [0.4, 0.5) is 0 Å². The van der Waals surface area contributed by atoms with E-state index in [1.807, 2.05) is 6.92 Å². The Morgan fingerprint density at radius 3 is 3.05 bits per heavy atom. The quantitative estimate of drug-likeness (QED) is 0.726. The minimum atomic E-state index is -0.299. The van der Waals surface area contributed by atoms with Crippen LogP contribution in [0.25, 0.3) is 0 Å². The van der Waals surface area contributed by atoms with Crippen LogP contribution in [0.15, 0.2) is 18.2 Å². The van der Waals surface area contributed by atoms with Crippen LogP contribution < -0.4 is 11.1 Å². The number of carbonyl (C=O) groups excluding carboxylic acids is 1. The molecule has 1 saturated heterocycles. The number of fused-ring (bicyclic) bond motifs is 1. The molecule has 1 aromatic rings. The Morgan fingerprint density at radius 2 is 2.32 bits per heavy atom. The van der Waals surface area contributed by atoms with Crippen molar-refractivity contribution in [3.63, 3.8) is 0 Å². The molecule has 0 spiro atoms. The van der Waals surface area contributed by atoms with Crippen molar-refractivity contribution in [3.8, 4) is 5.75 Å². The third-order valence-corrected chi connectivity index (χ3v) is 4.14. The average molecular weight is 262 g/mol. The molecule has 1 saturated carbocycles. The fourth-order valence-electron chi connectivity index (χ4n) is 2.99. The summed E-state index contributed by atoms with van der Waals surface area (Å²) in [6.07, 6.45) is 1.00. The number of nitrogens with one attached hydrogen (secondary N) is 1. The van der Waals surface area contributed by atoms with Crippen LogP contribution in [0.1, 0.15) is 22.3 Å². The van der Waals surface area contributed by atoms with Crippen molar-refractivity contribution in [1.82, 2.24) is 5.32 Å². The summed E-state index contributed by atoms with van der Waals surface area (Å²) in [5.41, 5.74) is 7.23. The minimum Gasteiger partial charge on any atom is -0.507 e. The van der Waals surface area contributed by atoms with Gasteiger partial charge in [0.1, 0.15) is 5.75 Å². The van der Waals surface area contributed by atoms with Crippen molar-refractivity contribution in [2.45, 2.75) is 31.5 Å². The third-order valence-electron chi connectivity index (χ3n) is 4.14. The molecule has 1 aliphatic heterocycles. The number of ether oxygens (including phenoxy) is 1. The number of carbonyl (C=O) groups is 1. The van der Waals surface area contributed by atoms with Gasteiger partial charge in [-0.15, -0.1) is 0 Å². The molecule has 5 nitrogen and oxygen atoms in total. The van der Waals surface area contributed by atoms with E-state index in [0.717, 1.165) is 12.0 Å². The van der Waals surface area contributed by atoms with Gasteiger partial charge in [0.2, 0.25) is 0 Å². The Bertz CT molecular complexity index is 517. The standard InChI is InChI=1S/C14H18N2O3/c1-7-2-3-8(10(17)6-7)14(18)16-12-11(15)9-4-5-19-13(9)12/h2-3,6,9,11-13,17H,4-5,15H2,1H3,(H,16,18). The molecule has 0 aromatic heterocycles. The summed E-state index contributed by atoms with van der Waals surface area (Å²) in [6.45, 7) is 2.57. The molecule has 0 radical (unpaired) electrons. The molecule has 2 fully saturated rings. The molecule has 4 unspecified atom stereocenters. The molecule has 1 aliphatic carbocycles. The van der Waals surface area contributed by atoms with Crippen LogP contribution in [0.2, 0.25) is 0 Å². The van der Waals surface area contributed by atoms with Gasteiger partial charge in [-0.1, -0.05) is 6.07 Å². The number of rotatable bonds is 2. The van der Waals surface area contributed by atoms with Crippen LogP contribution in [-0.2, 0) is 4.74 Å². The molecule has 1 heterocycles. The highest BCUT2D eigenvalue weighted by molar-refractivity contribution is 5.97. The summed E-state index contributed by atoms with van der Waals surface area (Å²) in [4.78, 5) is 12.1. The van der Waals surface area contributed by atoms with Crippen molar-refractivity contribution >= 4 is 5.91 Å². The van der Waals surface area contributed by atoms with Crippen molar-refractivity contribution in [2.75, 3.05) is 6.61 Å². The number of hydrogen-bond acceptors (Lipinski definition) is 4. The maximum Gasteiger partial charge on any atom is 0.255 e. The van der Waals surface area contributed by atoms with E-state index in [4.69, 9.17) is 10.5 Å². The van der Waals surface area contributed by atoms with Gasteiger partial charge in [-0.3, -0.25) is 4.79 Å². The monoisotopic (exact) mass is 262 g/mol. The molecule has 1 aromatic carbocycles. The molecule has 2 aliphatic rings. The van der Waals surface area contributed by atoms with Crippen LogP contribution in [-0.4, -0.2) is 35.8 Å². The normalized spacial score (nSPS) is 32.5. The first kappa shape index (κ1) is 12.4. The number of hydrogen-bond donors (Lipinski definition) is 3. The zero-order valence-electron chi connectivity index (χ0n) is 10.8. The maximum atomic E-state index is 12.1. The van der Waals surface area contributed by atoms with Gasteiger partial charge < -0.3 is 20.9 Å². The molecule has 0 bridgehead atoms. The number of phenolic OH excluding ortho intramolecular Hbond substituents is 1. The fourth-order valence-corrected chi connectivity index (χ4v) is 2.99. The summed E-state index contributed by atoms with van der Waals surface area (Å²) in [5.74, 6) is 0.0538. The summed E-state index contributed by atoms with van der Waals surface area (Å²) in [5, 5.41) is 12.7. The van der Waals surface area contributed by atoms with Crippen LogP contribution >= 0.6 is 0 Å². The van der Waals surface area contributed by atoms with E-state index in [1.165, 1.54) is 0 Å². The van der Waals surface area contributed by atoms with E-state index in [1.54, 1.807) is 18.2 Å². The SMILES string of the molecule is Cc1ccc(C(=O)NC2C(N)C3CCOC32)c(O)c1. The lowest BCUT2D eigenvalue weighted by Crippen LogP contribution is -2.68. The van der Waals surface area contributed by atoms with Gasteiger partial charge in [0.25, 0.3) is 5.91 Å². The number of aromatic hydroxyl groups is 1. The summed E-state index contributed by atoms with van der Waals surface area (Å²) in [6, 6.07) is 4.79. The molecule has 19 heavy (non-hydrogen) atoms. The van der Waals surface area contributed by atoms with Gasteiger partial charge in [0.15, 0.2) is 0 Å². The third kappa shape index (κ3) is 1.99. The Balaban J connectivity index is 1.71. The Kier molecular flexibility index (Phi) is 2.95. The predicted molar refractivity (Wildman–Crippen MR) is 69.9 cm³/mol. The summed E-state index contributed by atoms with van der Waals surface area (Å²) in [7, 11) is 0. The Hall–Kier alpha value is -1.59. The van der Waals surface area contributed by atoms with E-state index in [-0.39, 0.29) is 35.4 Å². The van der Waals surface area contributed by atoms with Crippen molar-refractivity contribution < 1.29 is 14.6 Å². The highest BCUT2D eigenvalue weighted by atomic mass is 16.5. The molecule has 4 N–H and O–H groups in total. The minimum absolute atomic E-state index is 0.00529. The first-order valence-corrected chi connectivity index (χ1v) is 6.55. The number of benzene rings is 1. The van der Waals surface area contributed by atoms with Crippen LogP contribution in [0.3, 0.4) is 0 Å². The fraction of sp³-hybridized carbons (Fsp3) is 0.500. The topological polar surface area (TPSA) is 84.6 Å². The molecule has 5 heteroatoms. The Labute approximate surface area is 111 Å². The lowest BCUT2D eigenvalue weighted by Gasteiger charge is -2.45. The molecular weight excluding hydrogens is 244 g/mol. The van der Waals surface area contributed by atoms with E-state index in [2.05, 4.69) is 5.32 Å². The number of aryl methyl sites for hydroxylation is 1. The number of nitrogens with two attached hydrogens (primary N) is 1. The van der Waals surface area contributed by atoms with Gasteiger partial charge >= 0.3 is 0 Å². The van der Waals surface area contributed by atoms with Crippen LogP contribution in [0.5, 0.6) is 5.75 Å². The second kappa shape index (κ2) is 4.51. The highest BCUT2D eigenvalue weighted by Crippen LogP contribution is 2.38.